The minimum atomic E-state index is -0.609. The van der Waals surface area contributed by atoms with Gasteiger partial charge in [-0.05, 0) is 123 Å². The summed E-state index contributed by atoms with van der Waals surface area (Å²) in [6.07, 6.45) is 3.79. The topological polar surface area (TPSA) is 71.5 Å². The third-order valence-electron chi connectivity index (χ3n) is 8.60. The summed E-state index contributed by atoms with van der Waals surface area (Å²) in [5.41, 5.74) is 6.64. The van der Waals surface area contributed by atoms with Gasteiger partial charge in [-0.1, -0.05) is 24.3 Å². The SMILES string of the molecule is CC(C)(C)OC(=O)N1CCOc2ccc(C3=C(c4ccc(O[C@H]5CCN(CCCF)C5)cc4)c4ccc(O)cc4CCC3)cc21. The molecule has 1 fully saturated rings. The Hall–Kier alpha value is -4.04. The Kier molecular flexibility index (Phi) is 9.04. The second kappa shape index (κ2) is 13.1. The number of hydrogen-bond donors (Lipinski definition) is 1. The zero-order valence-corrected chi connectivity index (χ0v) is 26.5. The van der Waals surface area contributed by atoms with E-state index in [1.165, 1.54) is 5.57 Å². The van der Waals surface area contributed by atoms with Crippen LogP contribution in [0.15, 0.2) is 60.7 Å². The van der Waals surface area contributed by atoms with Crippen molar-refractivity contribution in [2.75, 3.05) is 44.4 Å². The number of fused-ring (bicyclic) bond motifs is 2. The number of aryl methyl sites for hydroxylation is 1. The number of benzene rings is 3. The first-order valence-corrected chi connectivity index (χ1v) is 16.1. The van der Waals surface area contributed by atoms with Crippen LogP contribution in [0.2, 0.25) is 0 Å². The minimum Gasteiger partial charge on any atom is -0.508 e. The number of nitrogens with zero attached hydrogens (tertiary/aromatic N) is 2. The zero-order valence-electron chi connectivity index (χ0n) is 26.5. The van der Waals surface area contributed by atoms with Crippen LogP contribution in [-0.2, 0) is 11.2 Å². The highest BCUT2D eigenvalue weighted by atomic mass is 19.1. The Morgan fingerprint density at radius 3 is 2.60 bits per heavy atom. The minimum absolute atomic E-state index is 0.0949. The molecule has 1 atom stereocenters. The van der Waals surface area contributed by atoms with E-state index in [0.29, 0.717) is 31.0 Å². The van der Waals surface area contributed by atoms with Crippen LogP contribution in [0.25, 0.3) is 11.1 Å². The Morgan fingerprint density at radius 1 is 1.02 bits per heavy atom. The van der Waals surface area contributed by atoms with Gasteiger partial charge >= 0.3 is 6.09 Å². The molecule has 3 aromatic rings. The highest BCUT2D eigenvalue weighted by molar-refractivity contribution is 6.01. The molecule has 0 radical (unpaired) electrons. The predicted molar refractivity (Wildman–Crippen MR) is 175 cm³/mol. The number of anilines is 1. The van der Waals surface area contributed by atoms with Crippen molar-refractivity contribution in [2.24, 2.45) is 0 Å². The first kappa shape index (κ1) is 31.0. The average Bonchev–Trinajstić information content (AvgIpc) is 3.37. The van der Waals surface area contributed by atoms with E-state index in [1.807, 2.05) is 57.2 Å². The summed E-state index contributed by atoms with van der Waals surface area (Å²) in [5.74, 6) is 1.74. The summed E-state index contributed by atoms with van der Waals surface area (Å²) in [5, 5.41) is 10.3. The third kappa shape index (κ3) is 7.12. The summed E-state index contributed by atoms with van der Waals surface area (Å²) in [7, 11) is 0. The molecule has 0 bridgehead atoms. The Morgan fingerprint density at radius 2 is 1.82 bits per heavy atom. The van der Waals surface area contributed by atoms with Crippen molar-refractivity contribution in [3.05, 3.63) is 82.9 Å². The van der Waals surface area contributed by atoms with Gasteiger partial charge in [-0.25, -0.2) is 4.79 Å². The lowest BCUT2D eigenvalue weighted by Crippen LogP contribution is -2.41. The number of aromatic hydroxyl groups is 1. The zero-order chi connectivity index (χ0) is 31.6. The smallest absolute Gasteiger partial charge is 0.415 e. The number of allylic oxidation sites excluding steroid dienone is 1. The van der Waals surface area contributed by atoms with Crippen molar-refractivity contribution >= 4 is 22.9 Å². The van der Waals surface area contributed by atoms with Crippen molar-refractivity contribution < 1.29 is 28.5 Å². The fraction of sp³-hybridized carbons (Fsp3) is 0.432. The van der Waals surface area contributed by atoms with Gasteiger partial charge in [-0.15, -0.1) is 0 Å². The molecule has 0 spiro atoms. The van der Waals surface area contributed by atoms with Crippen LogP contribution in [0.5, 0.6) is 17.2 Å². The number of amides is 1. The monoisotopic (exact) mass is 614 g/mol. The van der Waals surface area contributed by atoms with Gasteiger partial charge in [0.15, 0.2) is 0 Å². The first-order chi connectivity index (χ1) is 21.7. The largest absolute Gasteiger partial charge is 0.508 e. The van der Waals surface area contributed by atoms with Crippen molar-refractivity contribution in [3.63, 3.8) is 0 Å². The molecule has 238 valence electrons. The number of likely N-dealkylation sites (tertiary alicyclic amines) is 1. The van der Waals surface area contributed by atoms with E-state index in [9.17, 15) is 14.3 Å². The molecule has 0 unspecified atom stereocenters. The van der Waals surface area contributed by atoms with Crippen LogP contribution in [0.3, 0.4) is 0 Å². The standard InChI is InChI=1S/C37H43FN2O5/c1-37(2,3)45-36(42)40-20-21-43-34-15-10-27(23-33(34)40)31-7-4-6-26-22-28(41)11-14-32(26)35(31)25-8-12-29(13-9-25)44-30-16-19-39(24-30)18-5-17-38/h8-15,22-23,30,41H,4-7,16-21,24H2,1-3H3/t30-/m0/s1. The molecule has 0 saturated carbocycles. The average molecular weight is 615 g/mol. The molecule has 45 heavy (non-hydrogen) atoms. The Balaban J connectivity index is 1.36. The fourth-order valence-electron chi connectivity index (χ4n) is 6.58. The Bertz CT molecular complexity index is 1560. The number of phenolic OH excluding ortho intramolecular Hbond substituents is 1. The van der Waals surface area contributed by atoms with Gasteiger partial charge in [0.05, 0.1) is 18.9 Å². The maximum Gasteiger partial charge on any atom is 0.415 e. The van der Waals surface area contributed by atoms with E-state index >= 15 is 0 Å². The quantitative estimate of drug-likeness (QED) is 0.295. The lowest BCUT2D eigenvalue weighted by atomic mass is 9.87. The number of phenols is 1. The highest BCUT2D eigenvalue weighted by Gasteiger charge is 2.30. The number of carbonyl (C=O) groups is 1. The van der Waals surface area contributed by atoms with Gasteiger partial charge in [0, 0.05) is 19.6 Å². The number of hydrogen-bond acceptors (Lipinski definition) is 6. The number of alkyl halides is 1. The van der Waals surface area contributed by atoms with Crippen LogP contribution >= 0.6 is 0 Å². The predicted octanol–water partition coefficient (Wildman–Crippen LogP) is 7.63. The first-order valence-electron chi connectivity index (χ1n) is 16.1. The lowest BCUT2D eigenvalue weighted by Gasteiger charge is -2.32. The van der Waals surface area contributed by atoms with Crippen LogP contribution in [0.4, 0.5) is 14.9 Å². The fourth-order valence-corrected chi connectivity index (χ4v) is 6.58. The second-order valence-electron chi connectivity index (χ2n) is 13.1. The third-order valence-corrected chi connectivity index (χ3v) is 8.60. The van der Waals surface area contributed by atoms with Gasteiger partial charge in [0.2, 0.25) is 0 Å². The molecular formula is C37H43FN2O5. The van der Waals surface area contributed by atoms with Crippen molar-refractivity contribution in [1.82, 2.24) is 4.90 Å². The summed E-state index contributed by atoms with van der Waals surface area (Å²) in [6.45, 7) is 8.65. The summed E-state index contributed by atoms with van der Waals surface area (Å²) < 4.78 is 30.6. The van der Waals surface area contributed by atoms with Crippen LogP contribution in [0.1, 0.15) is 68.7 Å². The van der Waals surface area contributed by atoms with Gasteiger partial charge in [0.25, 0.3) is 0 Å². The molecule has 1 saturated heterocycles. The number of ether oxygens (including phenoxy) is 3. The van der Waals surface area contributed by atoms with Gasteiger partial charge in [0.1, 0.15) is 35.6 Å². The summed E-state index contributed by atoms with van der Waals surface area (Å²) >= 11 is 0. The normalized spacial score (nSPS) is 18.6. The van der Waals surface area contributed by atoms with Gasteiger partial charge in [-0.3, -0.25) is 14.2 Å². The molecule has 1 amide bonds. The molecule has 3 aromatic carbocycles. The molecule has 1 aliphatic carbocycles. The van der Waals surface area contributed by atoms with Gasteiger partial charge in [-0.2, -0.15) is 0 Å². The molecule has 8 heteroatoms. The molecule has 7 nitrogen and oxygen atoms in total. The highest BCUT2D eigenvalue weighted by Crippen LogP contribution is 2.43. The van der Waals surface area contributed by atoms with Crippen LogP contribution in [0, 0.1) is 0 Å². The molecular weight excluding hydrogens is 571 g/mol. The maximum atomic E-state index is 13.2. The van der Waals surface area contributed by atoms with Crippen molar-refractivity contribution in [1.29, 1.82) is 0 Å². The van der Waals surface area contributed by atoms with E-state index in [0.717, 1.165) is 78.9 Å². The number of carbonyl (C=O) groups excluding carboxylic acids is 1. The summed E-state index contributed by atoms with van der Waals surface area (Å²) in [6, 6.07) is 20.0. The van der Waals surface area contributed by atoms with Crippen molar-refractivity contribution in [2.45, 2.75) is 64.6 Å². The lowest BCUT2D eigenvalue weighted by molar-refractivity contribution is 0.0567. The van der Waals surface area contributed by atoms with E-state index < -0.39 is 5.60 Å². The second-order valence-corrected chi connectivity index (χ2v) is 13.1. The van der Waals surface area contributed by atoms with E-state index in [-0.39, 0.29) is 24.6 Å². The summed E-state index contributed by atoms with van der Waals surface area (Å²) in [4.78, 5) is 17.1. The van der Waals surface area contributed by atoms with Crippen LogP contribution < -0.4 is 14.4 Å². The molecule has 2 aliphatic heterocycles. The van der Waals surface area contributed by atoms with Gasteiger partial charge < -0.3 is 19.3 Å². The van der Waals surface area contributed by atoms with Crippen molar-refractivity contribution in [3.8, 4) is 17.2 Å². The number of rotatable bonds is 7. The maximum absolute atomic E-state index is 13.2. The van der Waals surface area contributed by atoms with E-state index in [2.05, 4.69) is 23.1 Å². The molecule has 0 aromatic heterocycles. The molecule has 1 N–H and O–H groups in total. The molecule has 6 rings (SSSR count). The van der Waals surface area contributed by atoms with E-state index in [4.69, 9.17) is 14.2 Å². The Labute approximate surface area is 265 Å². The van der Waals surface area contributed by atoms with Crippen LogP contribution in [-0.4, -0.2) is 67.3 Å². The molecule has 2 heterocycles. The number of halogens is 1. The molecule has 3 aliphatic rings. The van der Waals surface area contributed by atoms with E-state index in [1.54, 1.807) is 11.0 Å².